The molecule has 0 saturated carbocycles. The van der Waals surface area contributed by atoms with E-state index < -0.39 is 5.92 Å². The number of hydrogen-bond acceptors (Lipinski definition) is 3. The summed E-state index contributed by atoms with van der Waals surface area (Å²) in [6.45, 7) is 1.40. The van der Waals surface area contributed by atoms with E-state index >= 15 is 0 Å². The molecule has 3 heteroatoms. The lowest BCUT2D eigenvalue weighted by Crippen LogP contribution is -2.18. The van der Waals surface area contributed by atoms with Gasteiger partial charge in [0.25, 0.3) is 0 Å². The van der Waals surface area contributed by atoms with Gasteiger partial charge < -0.3 is 0 Å². The van der Waals surface area contributed by atoms with Gasteiger partial charge in [0.05, 0.1) is 11.5 Å². The van der Waals surface area contributed by atoms with Crippen LogP contribution in [0.1, 0.15) is 12.5 Å². The molecular weight excluding hydrogens is 264 g/mol. The van der Waals surface area contributed by atoms with E-state index in [0.717, 1.165) is 5.56 Å². The summed E-state index contributed by atoms with van der Waals surface area (Å²) in [5.74, 6) is -0.984. The summed E-state index contributed by atoms with van der Waals surface area (Å²) in [4.78, 5) is 35.9. The Morgan fingerprint density at radius 1 is 1.10 bits per heavy atom. The number of hydrogen-bond donors (Lipinski definition) is 0. The smallest absolute Gasteiger partial charge is 0.178 e. The molecule has 0 saturated heterocycles. The highest BCUT2D eigenvalue weighted by molar-refractivity contribution is 6.26. The van der Waals surface area contributed by atoms with Crippen LogP contribution in [0.5, 0.6) is 0 Å². The Morgan fingerprint density at radius 3 is 2.48 bits per heavy atom. The number of carbonyl (C=O) groups is 3. The monoisotopic (exact) mass is 278 g/mol. The average molecular weight is 278 g/mol. The number of allylic oxidation sites excluding steroid dienone is 6. The van der Waals surface area contributed by atoms with Gasteiger partial charge >= 0.3 is 0 Å². The summed E-state index contributed by atoms with van der Waals surface area (Å²) < 4.78 is 0. The summed E-state index contributed by atoms with van der Waals surface area (Å²) in [6, 6.07) is 9.63. The lowest BCUT2D eigenvalue weighted by atomic mass is 9.88. The third-order valence-corrected chi connectivity index (χ3v) is 3.87. The normalized spacial score (nSPS) is 20.6. The van der Waals surface area contributed by atoms with Crippen molar-refractivity contribution in [2.45, 2.75) is 13.3 Å². The van der Waals surface area contributed by atoms with Crippen molar-refractivity contribution in [1.82, 2.24) is 0 Å². The Morgan fingerprint density at radius 2 is 1.81 bits per heavy atom. The summed E-state index contributed by atoms with van der Waals surface area (Å²) in [7, 11) is 0. The quantitative estimate of drug-likeness (QED) is 0.798. The Kier molecular flexibility index (Phi) is 3.26. The van der Waals surface area contributed by atoms with Crippen molar-refractivity contribution in [3.63, 3.8) is 0 Å². The molecule has 1 atom stereocenters. The minimum absolute atomic E-state index is 0.135. The van der Waals surface area contributed by atoms with E-state index in [0.29, 0.717) is 17.6 Å². The summed E-state index contributed by atoms with van der Waals surface area (Å²) in [6.07, 6.45) is 4.99. The number of fused-ring (bicyclic) bond motifs is 1. The van der Waals surface area contributed by atoms with Crippen LogP contribution in [0.15, 0.2) is 65.3 Å². The van der Waals surface area contributed by atoms with Crippen molar-refractivity contribution in [3.05, 3.63) is 70.8 Å². The van der Waals surface area contributed by atoms with Crippen molar-refractivity contribution >= 4 is 17.3 Å². The molecule has 0 aromatic heterocycles. The molecule has 0 spiro atoms. The third-order valence-electron chi connectivity index (χ3n) is 3.87. The number of benzene rings is 1. The maximum atomic E-state index is 12.6. The van der Waals surface area contributed by atoms with Gasteiger partial charge in [0, 0.05) is 0 Å². The van der Waals surface area contributed by atoms with Gasteiger partial charge in [-0.15, -0.1) is 0 Å². The molecule has 21 heavy (non-hydrogen) atoms. The molecule has 0 amide bonds. The van der Waals surface area contributed by atoms with Crippen LogP contribution in [0.4, 0.5) is 0 Å². The van der Waals surface area contributed by atoms with Gasteiger partial charge in [-0.1, -0.05) is 30.3 Å². The standard InChI is InChI=1S/C18H14O3/c1-11(19)17-14-8-7-13(20)10-15(14)16(18(17)21)9-12-5-3-2-4-6-12/h2-8,10,16H,9H2,1H3. The Balaban J connectivity index is 2.02. The van der Waals surface area contributed by atoms with Crippen molar-refractivity contribution in [2.24, 2.45) is 5.92 Å². The van der Waals surface area contributed by atoms with Gasteiger partial charge in [-0.25, -0.2) is 0 Å². The predicted octanol–water partition coefficient (Wildman–Crippen LogP) is 2.38. The van der Waals surface area contributed by atoms with Crippen LogP contribution in [0.3, 0.4) is 0 Å². The molecule has 0 heterocycles. The second kappa shape index (κ2) is 5.09. The van der Waals surface area contributed by atoms with Gasteiger partial charge in [-0.3, -0.25) is 14.4 Å². The van der Waals surface area contributed by atoms with Crippen molar-refractivity contribution < 1.29 is 14.4 Å². The highest BCUT2D eigenvalue weighted by Crippen LogP contribution is 2.38. The zero-order valence-corrected chi connectivity index (χ0v) is 11.6. The predicted molar refractivity (Wildman–Crippen MR) is 78.6 cm³/mol. The number of rotatable bonds is 3. The van der Waals surface area contributed by atoms with Crippen molar-refractivity contribution in [2.75, 3.05) is 0 Å². The van der Waals surface area contributed by atoms with E-state index in [-0.39, 0.29) is 22.9 Å². The average Bonchev–Trinajstić information content (AvgIpc) is 2.73. The van der Waals surface area contributed by atoms with Crippen molar-refractivity contribution in [3.8, 4) is 0 Å². The number of Topliss-reactive ketones (excluding diaryl/α,β-unsaturated/α-hetero) is 2. The van der Waals surface area contributed by atoms with Gasteiger partial charge in [0.15, 0.2) is 17.3 Å². The van der Waals surface area contributed by atoms with E-state index in [1.165, 1.54) is 19.1 Å². The Bertz CT molecular complexity index is 733. The first-order valence-corrected chi connectivity index (χ1v) is 6.85. The first-order chi connectivity index (χ1) is 10.1. The van der Waals surface area contributed by atoms with E-state index in [1.54, 1.807) is 6.08 Å². The molecule has 0 N–H and O–H groups in total. The lowest BCUT2D eigenvalue weighted by molar-refractivity contribution is -0.121. The van der Waals surface area contributed by atoms with E-state index in [4.69, 9.17) is 0 Å². The van der Waals surface area contributed by atoms with Gasteiger partial charge in [0.2, 0.25) is 0 Å². The molecular formula is C18H14O3. The molecule has 3 nitrogen and oxygen atoms in total. The van der Waals surface area contributed by atoms with Crippen LogP contribution >= 0.6 is 0 Å². The second-order valence-electron chi connectivity index (χ2n) is 5.29. The van der Waals surface area contributed by atoms with Crippen LogP contribution in [-0.2, 0) is 20.8 Å². The molecule has 2 aliphatic carbocycles. The maximum absolute atomic E-state index is 12.6. The second-order valence-corrected chi connectivity index (χ2v) is 5.29. The van der Waals surface area contributed by atoms with Crippen molar-refractivity contribution in [1.29, 1.82) is 0 Å². The van der Waals surface area contributed by atoms with Crippen LogP contribution in [0, 0.1) is 5.92 Å². The molecule has 1 unspecified atom stereocenters. The first-order valence-electron chi connectivity index (χ1n) is 6.85. The zero-order chi connectivity index (χ0) is 15.0. The molecule has 104 valence electrons. The van der Waals surface area contributed by atoms with Gasteiger partial charge in [-0.05, 0) is 48.3 Å². The van der Waals surface area contributed by atoms with E-state index in [1.807, 2.05) is 30.3 Å². The highest BCUT2D eigenvalue weighted by Gasteiger charge is 2.39. The van der Waals surface area contributed by atoms with Crippen LogP contribution in [0.2, 0.25) is 0 Å². The third kappa shape index (κ3) is 2.31. The van der Waals surface area contributed by atoms with Gasteiger partial charge in [0.1, 0.15) is 0 Å². The highest BCUT2D eigenvalue weighted by atomic mass is 16.2. The van der Waals surface area contributed by atoms with E-state index in [2.05, 4.69) is 0 Å². The molecule has 1 aromatic carbocycles. The molecule has 2 aliphatic rings. The van der Waals surface area contributed by atoms with E-state index in [9.17, 15) is 14.4 Å². The summed E-state index contributed by atoms with van der Waals surface area (Å²) >= 11 is 0. The fourth-order valence-corrected chi connectivity index (χ4v) is 2.92. The zero-order valence-electron chi connectivity index (χ0n) is 11.6. The molecule has 3 rings (SSSR count). The Hall–Kier alpha value is -2.55. The number of carbonyl (C=O) groups excluding carboxylic acids is 3. The molecule has 0 fully saturated rings. The fraction of sp³-hybridized carbons (Fsp3) is 0.167. The minimum Gasteiger partial charge on any atom is -0.294 e. The maximum Gasteiger partial charge on any atom is 0.178 e. The molecule has 0 aliphatic heterocycles. The number of ketones is 3. The summed E-state index contributed by atoms with van der Waals surface area (Å²) in [5, 5.41) is 0. The fourth-order valence-electron chi connectivity index (χ4n) is 2.92. The molecule has 0 bridgehead atoms. The minimum atomic E-state index is -0.435. The Labute approximate surface area is 122 Å². The largest absolute Gasteiger partial charge is 0.294 e. The summed E-state index contributed by atoms with van der Waals surface area (Å²) in [5.41, 5.74) is 2.54. The topological polar surface area (TPSA) is 51.2 Å². The van der Waals surface area contributed by atoms with Crippen LogP contribution in [0.25, 0.3) is 0 Å². The van der Waals surface area contributed by atoms with Gasteiger partial charge in [-0.2, -0.15) is 0 Å². The van der Waals surface area contributed by atoms with Crippen LogP contribution in [-0.4, -0.2) is 17.3 Å². The SMILES string of the molecule is CC(=O)C1=C2C=CC(=O)C=C2C(Cc2ccccc2)C1=O. The first kappa shape index (κ1) is 13.4. The lowest BCUT2D eigenvalue weighted by Gasteiger charge is -2.14. The molecule has 1 aromatic rings. The molecule has 0 radical (unpaired) electrons. The van der Waals surface area contributed by atoms with Crippen LogP contribution < -0.4 is 0 Å².